The minimum atomic E-state index is -2.30. The maximum absolute atomic E-state index is 12.4. The molecule has 0 saturated carbocycles. The van der Waals surface area contributed by atoms with E-state index in [-0.39, 0.29) is 5.92 Å². The molecule has 0 unspecified atom stereocenters. The summed E-state index contributed by atoms with van der Waals surface area (Å²) in [6, 6.07) is -1.28. The van der Waals surface area contributed by atoms with Crippen LogP contribution < -0.4 is 15.5 Å². The zero-order valence-electron chi connectivity index (χ0n) is 19.4. The number of aliphatic hydroxyl groups is 1. The molecule has 0 aromatic carbocycles. The molecule has 7 nitrogen and oxygen atoms in total. The maximum atomic E-state index is 12.4. The number of carboxylic acids is 1. The van der Waals surface area contributed by atoms with Gasteiger partial charge < -0.3 is 25.4 Å². The molecule has 1 saturated heterocycles. The highest BCUT2D eigenvalue weighted by molar-refractivity contribution is 6.27. The molecular formula is C25H33NO6-2. The monoisotopic (exact) mass is 443 g/mol. The van der Waals surface area contributed by atoms with Crippen molar-refractivity contribution in [3.05, 3.63) is 59.4 Å². The van der Waals surface area contributed by atoms with Crippen molar-refractivity contribution in [2.75, 3.05) is 0 Å². The fourth-order valence-electron chi connectivity index (χ4n) is 3.28. The molecule has 0 aliphatic carbocycles. The molecular weight excluding hydrogens is 410 g/mol. The molecule has 32 heavy (non-hydrogen) atoms. The molecule has 1 rings (SSSR count). The normalized spacial score (nSPS) is 23.1. The summed E-state index contributed by atoms with van der Waals surface area (Å²) in [5.74, 6) is -3.75. The first-order chi connectivity index (χ1) is 14.9. The van der Waals surface area contributed by atoms with Crippen LogP contribution in [0.5, 0.6) is 0 Å². The number of carboxylic acid groups (broad SMARTS) is 1. The van der Waals surface area contributed by atoms with Crippen LogP contribution in [0.2, 0.25) is 0 Å². The zero-order chi connectivity index (χ0) is 24.5. The molecule has 1 aliphatic heterocycles. The van der Waals surface area contributed by atoms with E-state index in [0.29, 0.717) is 5.92 Å². The molecule has 176 valence electrons. The van der Waals surface area contributed by atoms with Crippen molar-refractivity contribution in [3.8, 4) is 0 Å². The third kappa shape index (κ3) is 8.30. The number of allylic oxidation sites excluding steroid dienone is 8. The lowest BCUT2D eigenvalue weighted by Gasteiger charge is -2.26. The summed E-state index contributed by atoms with van der Waals surface area (Å²) in [6.07, 6.45) is 14.1. The van der Waals surface area contributed by atoms with Gasteiger partial charge in [0.2, 0.25) is 0 Å². The van der Waals surface area contributed by atoms with E-state index in [1.54, 1.807) is 6.08 Å². The number of rotatable bonds is 11. The average molecular weight is 444 g/mol. The summed E-state index contributed by atoms with van der Waals surface area (Å²) in [6.45, 7) is 9.03. The second kappa shape index (κ2) is 12.2. The summed E-state index contributed by atoms with van der Waals surface area (Å²) < 4.78 is 0. The van der Waals surface area contributed by atoms with Crippen LogP contribution in [0.3, 0.4) is 0 Å². The largest absolute Gasteiger partial charge is 0.872 e. The number of nitrogens with one attached hydrogen (secondary N) is 1. The smallest absolute Gasteiger partial charge is 0.254 e. The van der Waals surface area contributed by atoms with Crippen LogP contribution in [0.1, 0.15) is 53.9 Å². The Hall–Kier alpha value is -2.93. The van der Waals surface area contributed by atoms with Crippen molar-refractivity contribution in [3.63, 3.8) is 0 Å². The number of ketones is 1. The maximum Gasteiger partial charge on any atom is 0.254 e. The summed E-state index contributed by atoms with van der Waals surface area (Å²) >= 11 is 0. The van der Waals surface area contributed by atoms with Crippen molar-refractivity contribution >= 4 is 17.7 Å². The number of aliphatic carboxylic acids is 1. The molecule has 0 spiro atoms. The quantitative estimate of drug-likeness (QED) is 0.214. The Morgan fingerprint density at radius 2 is 1.88 bits per heavy atom. The number of Topliss-reactive ketones (excluding diaryl/α,β-unsaturated/α-hetero) is 1. The van der Waals surface area contributed by atoms with Gasteiger partial charge >= 0.3 is 0 Å². The molecule has 1 aliphatic rings. The molecule has 4 atom stereocenters. The van der Waals surface area contributed by atoms with E-state index in [1.807, 2.05) is 45.1 Å². The van der Waals surface area contributed by atoms with Crippen LogP contribution in [-0.4, -0.2) is 34.4 Å². The lowest BCUT2D eigenvalue weighted by Crippen LogP contribution is -2.50. The minimum Gasteiger partial charge on any atom is -0.872 e. The Morgan fingerprint density at radius 1 is 1.22 bits per heavy atom. The summed E-state index contributed by atoms with van der Waals surface area (Å²) in [5.41, 5.74) is -1.66. The third-order valence-electron chi connectivity index (χ3n) is 5.33. The van der Waals surface area contributed by atoms with E-state index in [1.165, 1.54) is 11.6 Å². The van der Waals surface area contributed by atoms with Gasteiger partial charge in [0, 0.05) is 6.42 Å². The van der Waals surface area contributed by atoms with E-state index in [4.69, 9.17) is 0 Å². The Kier molecular flexibility index (Phi) is 10.3. The topological polar surface area (TPSA) is 130 Å². The summed E-state index contributed by atoms with van der Waals surface area (Å²) in [4.78, 5) is 35.4. The average Bonchev–Trinajstić information content (AvgIpc) is 2.97. The van der Waals surface area contributed by atoms with Crippen LogP contribution in [0.25, 0.3) is 0 Å². The van der Waals surface area contributed by atoms with E-state index >= 15 is 0 Å². The van der Waals surface area contributed by atoms with E-state index < -0.39 is 47.1 Å². The summed E-state index contributed by atoms with van der Waals surface area (Å²) in [5, 5.41) is 35.4. The molecule has 0 bridgehead atoms. The highest BCUT2D eigenvalue weighted by Crippen LogP contribution is 2.22. The van der Waals surface area contributed by atoms with Gasteiger partial charge in [-0.1, -0.05) is 67.7 Å². The van der Waals surface area contributed by atoms with Crippen molar-refractivity contribution in [2.24, 2.45) is 11.8 Å². The fraction of sp³-hybridized carbons (Fsp3) is 0.480. The Labute approximate surface area is 189 Å². The van der Waals surface area contributed by atoms with Gasteiger partial charge in [0.05, 0.1) is 17.6 Å². The Morgan fingerprint density at radius 3 is 2.47 bits per heavy atom. The third-order valence-corrected chi connectivity index (χ3v) is 5.33. The predicted octanol–water partition coefficient (Wildman–Crippen LogP) is 1.25. The van der Waals surface area contributed by atoms with Gasteiger partial charge in [-0.2, -0.15) is 0 Å². The lowest BCUT2D eigenvalue weighted by molar-refractivity contribution is -0.324. The van der Waals surface area contributed by atoms with Gasteiger partial charge in [0.15, 0.2) is 5.78 Å². The van der Waals surface area contributed by atoms with Crippen LogP contribution in [0.15, 0.2) is 59.4 Å². The molecule has 0 aromatic heterocycles. The SMILES string of the molecule is C/C=C(C)/C=C/C=C/C[C@@H](C)C[C@@H](C)/C=C/C([O-])=C1/C(=O)N[C@@H](C[C@](C)(O)C(=O)[O-])C1=O. The minimum absolute atomic E-state index is 0.0537. The first-order valence-corrected chi connectivity index (χ1v) is 10.7. The lowest BCUT2D eigenvalue weighted by atomic mass is 9.93. The molecule has 1 heterocycles. The van der Waals surface area contributed by atoms with Gasteiger partial charge in [-0.25, -0.2) is 0 Å². The Bertz CT molecular complexity index is 860. The number of hydrogen-bond acceptors (Lipinski definition) is 6. The molecule has 0 radical (unpaired) electrons. The second-order valence-electron chi connectivity index (χ2n) is 8.63. The van der Waals surface area contributed by atoms with E-state index in [0.717, 1.165) is 19.8 Å². The molecule has 7 heteroatoms. The number of carbonyl (C=O) groups is 3. The Balaban J connectivity index is 2.70. The van der Waals surface area contributed by atoms with Crippen LogP contribution in [0.4, 0.5) is 0 Å². The van der Waals surface area contributed by atoms with Crippen molar-refractivity contribution in [1.29, 1.82) is 0 Å². The fourth-order valence-corrected chi connectivity index (χ4v) is 3.28. The highest BCUT2D eigenvalue weighted by Gasteiger charge is 2.40. The summed E-state index contributed by atoms with van der Waals surface area (Å²) in [7, 11) is 0. The van der Waals surface area contributed by atoms with Crippen LogP contribution in [0, 0.1) is 11.8 Å². The van der Waals surface area contributed by atoms with Gasteiger partial charge in [-0.05, 0) is 45.4 Å². The van der Waals surface area contributed by atoms with Gasteiger partial charge in [-0.15, -0.1) is 0 Å². The first-order valence-electron chi connectivity index (χ1n) is 10.7. The van der Waals surface area contributed by atoms with Crippen molar-refractivity contribution < 1.29 is 29.7 Å². The standard InChI is InChI=1S/C25H35NO6/c1-6-16(2)10-8-7-9-11-17(3)14-18(4)12-13-20(27)21-22(28)19(26-23(21)29)15-25(5,32)24(30)31/h6-10,12-13,17-19,27,32H,11,14-15H2,1-5H3,(H,26,29)(H,30,31)/p-2/b9-7+,10-8+,13-12+,16-6+,21-20-/t17-,18+,19+,25+/m1/s1. The second-order valence-corrected chi connectivity index (χ2v) is 8.63. The predicted molar refractivity (Wildman–Crippen MR) is 119 cm³/mol. The molecule has 1 amide bonds. The van der Waals surface area contributed by atoms with Gasteiger partial charge in [0.1, 0.15) is 5.60 Å². The van der Waals surface area contributed by atoms with E-state index in [2.05, 4.69) is 18.3 Å². The van der Waals surface area contributed by atoms with Gasteiger partial charge in [-0.3, -0.25) is 9.59 Å². The van der Waals surface area contributed by atoms with Crippen molar-refractivity contribution in [1.82, 2.24) is 5.32 Å². The van der Waals surface area contributed by atoms with Gasteiger partial charge in [0.25, 0.3) is 5.91 Å². The molecule has 2 N–H and O–H groups in total. The zero-order valence-corrected chi connectivity index (χ0v) is 19.4. The van der Waals surface area contributed by atoms with Crippen LogP contribution >= 0.6 is 0 Å². The molecule has 1 fully saturated rings. The highest BCUT2D eigenvalue weighted by atomic mass is 16.4. The number of hydrogen-bond donors (Lipinski definition) is 2. The van der Waals surface area contributed by atoms with E-state index in [9.17, 15) is 29.7 Å². The molecule has 0 aromatic rings. The first kappa shape index (κ1) is 27.1. The number of carbonyl (C=O) groups excluding carboxylic acids is 3. The number of amides is 1. The van der Waals surface area contributed by atoms with Crippen LogP contribution in [-0.2, 0) is 14.4 Å². The van der Waals surface area contributed by atoms with Crippen molar-refractivity contribution in [2.45, 2.75) is 65.5 Å².